The Morgan fingerprint density at radius 3 is 2.76 bits per heavy atom. The van der Waals surface area contributed by atoms with Crippen molar-refractivity contribution < 1.29 is 14.7 Å². The molecule has 0 amide bonds. The maximum absolute atomic E-state index is 11.1. The second-order valence-electron chi connectivity index (χ2n) is 9.65. The van der Waals surface area contributed by atoms with E-state index in [-0.39, 0.29) is 22.7 Å². The van der Waals surface area contributed by atoms with Crippen LogP contribution in [0.1, 0.15) is 50.8 Å². The molecule has 3 saturated carbocycles. The van der Waals surface area contributed by atoms with E-state index in [9.17, 15) is 10.2 Å². The highest BCUT2D eigenvalue weighted by molar-refractivity contribution is 5.28. The molecule has 4 heteroatoms. The highest BCUT2D eigenvalue weighted by Gasteiger charge is 2.64. The predicted molar refractivity (Wildman–Crippen MR) is 93.7 cm³/mol. The number of aromatic nitrogens is 1. The van der Waals surface area contributed by atoms with Gasteiger partial charge in [-0.05, 0) is 73.0 Å². The highest BCUT2D eigenvalue weighted by Crippen LogP contribution is 2.66. The van der Waals surface area contributed by atoms with Crippen molar-refractivity contribution >= 4 is 0 Å². The lowest BCUT2D eigenvalue weighted by atomic mass is 9.44. The standard InChI is InChI=1S/C21H29NO3/c1-11-4-5-13-17-14(6-7-20(11,13)2)21(3)9-12-10-25-22-16(12)8-15(21)18(23)19(17)24/h10,13-15,17-19,23-24H,1,4-9H2,2-3H3. The molecule has 1 aromatic rings. The van der Waals surface area contributed by atoms with Crippen LogP contribution in [0.15, 0.2) is 22.9 Å². The summed E-state index contributed by atoms with van der Waals surface area (Å²) in [5.74, 6) is 1.14. The molecule has 0 aliphatic heterocycles. The maximum atomic E-state index is 11.1. The van der Waals surface area contributed by atoms with Crippen LogP contribution < -0.4 is 0 Å². The second-order valence-corrected chi connectivity index (χ2v) is 9.65. The molecule has 8 unspecified atom stereocenters. The van der Waals surface area contributed by atoms with Crippen molar-refractivity contribution in [1.82, 2.24) is 5.16 Å². The average Bonchev–Trinajstić information content (AvgIpc) is 3.15. The minimum Gasteiger partial charge on any atom is -0.390 e. The third-order valence-corrected chi connectivity index (χ3v) is 8.85. The molecule has 0 aromatic carbocycles. The molecule has 3 fully saturated rings. The Hall–Kier alpha value is -1.13. The second kappa shape index (κ2) is 4.98. The van der Waals surface area contributed by atoms with Gasteiger partial charge >= 0.3 is 0 Å². The Morgan fingerprint density at radius 2 is 1.96 bits per heavy atom. The number of nitrogens with zero attached hydrogens (tertiary/aromatic N) is 1. The van der Waals surface area contributed by atoms with Gasteiger partial charge in [-0.2, -0.15) is 0 Å². The third-order valence-electron chi connectivity index (χ3n) is 8.85. The van der Waals surface area contributed by atoms with Gasteiger partial charge in [0.15, 0.2) is 0 Å². The van der Waals surface area contributed by atoms with E-state index in [1.807, 2.05) is 0 Å². The smallest absolute Gasteiger partial charge is 0.127 e. The van der Waals surface area contributed by atoms with E-state index in [4.69, 9.17) is 4.52 Å². The Morgan fingerprint density at radius 1 is 1.16 bits per heavy atom. The lowest BCUT2D eigenvalue weighted by Crippen LogP contribution is -2.64. The van der Waals surface area contributed by atoms with Crippen LogP contribution in [0.2, 0.25) is 0 Å². The van der Waals surface area contributed by atoms with Gasteiger partial charge in [-0.15, -0.1) is 0 Å². The Kier molecular flexibility index (Phi) is 3.20. The average molecular weight is 343 g/mol. The summed E-state index contributed by atoms with van der Waals surface area (Å²) in [6.07, 6.45) is 6.58. The summed E-state index contributed by atoms with van der Waals surface area (Å²) < 4.78 is 5.21. The van der Waals surface area contributed by atoms with Crippen LogP contribution in [0.5, 0.6) is 0 Å². The first kappa shape index (κ1) is 16.1. The van der Waals surface area contributed by atoms with E-state index >= 15 is 0 Å². The van der Waals surface area contributed by atoms with Crippen LogP contribution in [-0.4, -0.2) is 27.6 Å². The highest BCUT2D eigenvalue weighted by atomic mass is 16.5. The third kappa shape index (κ3) is 1.88. The summed E-state index contributed by atoms with van der Waals surface area (Å²) >= 11 is 0. The lowest BCUT2D eigenvalue weighted by Gasteiger charge is -2.62. The normalized spacial score (nSPS) is 51.4. The molecular formula is C21H29NO3. The molecule has 0 spiro atoms. The summed E-state index contributed by atoms with van der Waals surface area (Å²) in [4.78, 5) is 0. The number of aliphatic hydroxyl groups excluding tert-OH is 2. The van der Waals surface area contributed by atoms with Crippen LogP contribution >= 0.6 is 0 Å². The number of hydrogen-bond donors (Lipinski definition) is 2. The molecule has 1 aromatic heterocycles. The van der Waals surface area contributed by atoms with E-state index in [1.54, 1.807) is 6.26 Å². The summed E-state index contributed by atoms with van der Waals surface area (Å²) in [5, 5.41) is 26.4. The fourth-order valence-corrected chi connectivity index (χ4v) is 7.31. The molecule has 5 rings (SSSR count). The summed E-state index contributed by atoms with van der Waals surface area (Å²) in [6, 6.07) is 0. The summed E-state index contributed by atoms with van der Waals surface area (Å²) in [6.45, 7) is 9.03. The molecule has 136 valence electrons. The zero-order valence-electron chi connectivity index (χ0n) is 15.2. The first-order valence-corrected chi connectivity index (χ1v) is 9.83. The zero-order chi connectivity index (χ0) is 17.6. The van der Waals surface area contributed by atoms with Crippen LogP contribution in [0.3, 0.4) is 0 Å². The molecule has 2 N–H and O–H groups in total. The Bertz CT molecular complexity index is 726. The molecule has 4 nitrogen and oxygen atoms in total. The fourth-order valence-electron chi connectivity index (χ4n) is 7.31. The van der Waals surface area contributed by atoms with Gasteiger partial charge in [0.2, 0.25) is 0 Å². The van der Waals surface area contributed by atoms with Crippen molar-refractivity contribution in [1.29, 1.82) is 0 Å². The monoisotopic (exact) mass is 343 g/mol. The molecule has 0 radical (unpaired) electrons. The fraction of sp³-hybridized carbons (Fsp3) is 0.762. The van der Waals surface area contributed by atoms with Gasteiger partial charge in [-0.25, -0.2) is 0 Å². The zero-order valence-corrected chi connectivity index (χ0v) is 15.2. The first-order chi connectivity index (χ1) is 11.9. The molecule has 0 bridgehead atoms. The van der Waals surface area contributed by atoms with Gasteiger partial charge in [0, 0.05) is 5.56 Å². The van der Waals surface area contributed by atoms with Crippen molar-refractivity contribution in [3.05, 3.63) is 29.7 Å². The van der Waals surface area contributed by atoms with E-state index in [1.165, 1.54) is 17.6 Å². The number of fused-ring (bicyclic) bond motifs is 6. The quantitative estimate of drug-likeness (QED) is 0.710. The minimum atomic E-state index is -0.674. The van der Waals surface area contributed by atoms with Crippen molar-refractivity contribution in [2.45, 2.75) is 64.6 Å². The SMILES string of the molecule is C=C1CCC2C3C(O)C(O)C4Cc5nocc5CC4(C)C3CCC12C. The molecule has 4 aliphatic rings. The minimum absolute atomic E-state index is 0.00706. The topological polar surface area (TPSA) is 66.5 Å². The van der Waals surface area contributed by atoms with Crippen LogP contribution in [0.4, 0.5) is 0 Å². The van der Waals surface area contributed by atoms with Crippen LogP contribution in [-0.2, 0) is 12.8 Å². The van der Waals surface area contributed by atoms with Crippen molar-refractivity contribution in [2.24, 2.45) is 34.5 Å². The van der Waals surface area contributed by atoms with E-state index in [0.717, 1.165) is 37.8 Å². The van der Waals surface area contributed by atoms with Gasteiger partial charge in [-0.1, -0.05) is 31.2 Å². The number of aliphatic hydroxyl groups is 2. The lowest BCUT2D eigenvalue weighted by molar-refractivity contribution is -0.201. The number of rotatable bonds is 0. The first-order valence-electron chi connectivity index (χ1n) is 9.83. The van der Waals surface area contributed by atoms with Gasteiger partial charge in [0.1, 0.15) is 6.26 Å². The Balaban J connectivity index is 1.59. The summed E-state index contributed by atoms with van der Waals surface area (Å²) in [5.41, 5.74) is 3.68. The van der Waals surface area contributed by atoms with Crippen LogP contribution in [0, 0.1) is 34.5 Å². The molecular weight excluding hydrogens is 314 g/mol. The molecule has 0 saturated heterocycles. The van der Waals surface area contributed by atoms with Crippen molar-refractivity contribution in [3.63, 3.8) is 0 Å². The van der Waals surface area contributed by atoms with Crippen LogP contribution in [0.25, 0.3) is 0 Å². The van der Waals surface area contributed by atoms with Gasteiger partial charge in [0.05, 0.1) is 17.9 Å². The van der Waals surface area contributed by atoms with E-state index in [2.05, 4.69) is 25.6 Å². The van der Waals surface area contributed by atoms with Crippen molar-refractivity contribution in [2.75, 3.05) is 0 Å². The van der Waals surface area contributed by atoms with E-state index in [0.29, 0.717) is 11.8 Å². The molecule has 8 atom stereocenters. The van der Waals surface area contributed by atoms with Crippen molar-refractivity contribution in [3.8, 4) is 0 Å². The van der Waals surface area contributed by atoms with Gasteiger partial charge < -0.3 is 14.7 Å². The molecule has 25 heavy (non-hydrogen) atoms. The molecule has 4 aliphatic carbocycles. The Labute approximate surface area is 149 Å². The van der Waals surface area contributed by atoms with Gasteiger partial charge in [0.25, 0.3) is 0 Å². The van der Waals surface area contributed by atoms with E-state index < -0.39 is 12.2 Å². The molecule has 1 heterocycles. The number of allylic oxidation sites excluding steroid dienone is 1. The number of hydrogen-bond acceptors (Lipinski definition) is 4. The maximum Gasteiger partial charge on any atom is 0.127 e. The summed E-state index contributed by atoms with van der Waals surface area (Å²) in [7, 11) is 0. The predicted octanol–water partition coefficient (Wildman–Crippen LogP) is 3.13. The largest absolute Gasteiger partial charge is 0.390 e. The van der Waals surface area contributed by atoms with Gasteiger partial charge in [-0.3, -0.25) is 0 Å².